The first-order valence-electron chi connectivity index (χ1n) is 8.26. The molecule has 0 aliphatic carbocycles. The quantitative estimate of drug-likeness (QED) is 0.871. The largest absolute Gasteiger partial charge is 0.481 e. The van der Waals surface area contributed by atoms with E-state index in [1.807, 2.05) is 11.8 Å². The molecular weight excluding hydrogens is 268 g/mol. The Bertz CT molecular complexity index is 387. The highest BCUT2D eigenvalue weighted by Gasteiger charge is 2.43. The highest BCUT2D eigenvalue weighted by Crippen LogP contribution is 2.35. The lowest BCUT2D eigenvalue weighted by atomic mass is 9.76. The summed E-state index contributed by atoms with van der Waals surface area (Å²) in [5.41, 5.74) is -0.730. The van der Waals surface area contributed by atoms with Gasteiger partial charge in [0.1, 0.15) is 0 Å². The fourth-order valence-corrected chi connectivity index (χ4v) is 3.66. The maximum atomic E-state index is 12.6. The highest BCUT2D eigenvalue weighted by molar-refractivity contribution is 5.79. The Balaban J connectivity index is 2.02. The molecule has 2 aliphatic heterocycles. The number of urea groups is 1. The average molecular weight is 296 g/mol. The minimum Gasteiger partial charge on any atom is -0.481 e. The molecule has 1 unspecified atom stereocenters. The molecule has 120 valence electrons. The molecule has 2 aliphatic rings. The monoisotopic (exact) mass is 296 g/mol. The van der Waals surface area contributed by atoms with E-state index in [-0.39, 0.29) is 6.03 Å². The summed E-state index contributed by atoms with van der Waals surface area (Å²) in [5, 5.41) is 9.61. The van der Waals surface area contributed by atoms with Crippen LogP contribution in [-0.4, -0.2) is 53.1 Å². The molecule has 0 saturated carbocycles. The molecule has 2 amide bonds. The molecule has 0 aromatic rings. The van der Waals surface area contributed by atoms with Gasteiger partial charge in [0.2, 0.25) is 0 Å². The molecule has 0 aromatic heterocycles. The van der Waals surface area contributed by atoms with Gasteiger partial charge >= 0.3 is 12.0 Å². The van der Waals surface area contributed by atoms with Crippen molar-refractivity contribution in [3.05, 3.63) is 0 Å². The van der Waals surface area contributed by atoms with Crippen LogP contribution in [-0.2, 0) is 4.79 Å². The Morgan fingerprint density at radius 3 is 2.43 bits per heavy atom. The molecule has 0 bridgehead atoms. The molecule has 2 fully saturated rings. The number of carbonyl (C=O) groups excluding carboxylic acids is 1. The fourth-order valence-electron chi connectivity index (χ4n) is 3.66. The van der Waals surface area contributed by atoms with Gasteiger partial charge in [0.25, 0.3) is 0 Å². The molecule has 5 heteroatoms. The van der Waals surface area contributed by atoms with Crippen molar-refractivity contribution in [3.8, 4) is 0 Å². The first kappa shape index (κ1) is 16.1. The summed E-state index contributed by atoms with van der Waals surface area (Å²) in [6, 6.07) is 0.0447. The molecule has 21 heavy (non-hydrogen) atoms. The second-order valence-corrected chi connectivity index (χ2v) is 6.81. The van der Waals surface area contributed by atoms with Crippen LogP contribution in [0.1, 0.15) is 52.4 Å². The van der Waals surface area contributed by atoms with E-state index in [1.165, 1.54) is 0 Å². The molecule has 1 N–H and O–H groups in total. The molecule has 2 saturated heterocycles. The van der Waals surface area contributed by atoms with Gasteiger partial charge in [-0.1, -0.05) is 20.3 Å². The standard InChI is InChI=1S/C16H28N2O3/c1-3-7-16(14(19)20)8-4-9-18(12-16)15(21)17-10-5-13(2)6-11-17/h13H,3-12H2,1-2H3,(H,19,20). The van der Waals surface area contributed by atoms with Crippen LogP contribution in [0, 0.1) is 11.3 Å². The number of carbonyl (C=O) groups is 2. The zero-order valence-electron chi connectivity index (χ0n) is 13.3. The number of hydrogen-bond donors (Lipinski definition) is 1. The van der Waals surface area contributed by atoms with Gasteiger partial charge in [-0.25, -0.2) is 4.79 Å². The Morgan fingerprint density at radius 1 is 1.19 bits per heavy atom. The number of nitrogens with zero attached hydrogens (tertiary/aromatic N) is 2. The van der Waals surface area contributed by atoms with Crippen LogP contribution < -0.4 is 0 Å². The van der Waals surface area contributed by atoms with Gasteiger partial charge in [-0.05, 0) is 38.0 Å². The minimum absolute atomic E-state index is 0.0447. The molecule has 2 rings (SSSR count). The second-order valence-electron chi connectivity index (χ2n) is 6.81. The maximum absolute atomic E-state index is 12.6. The second kappa shape index (κ2) is 6.67. The van der Waals surface area contributed by atoms with E-state index in [0.717, 1.165) is 38.8 Å². The summed E-state index contributed by atoms with van der Waals surface area (Å²) in [6.07, 6.45) is 5.09. The zero-order valence-corrected chi connectivity index (χ0v) is 13.3. The van der Waals surface area contributed by atoms with Gasteiger partial charge in [-0.15, -0.1) is 0 Å². The highest BCUT2D eigenvalue weighted by atomic mass is 16.4. The Kier molecular flexibility index (Phi) is 5.12. The summed E-state index contributed by atoms with van der Waals surface area (Å²) in [4.78, 5) is 28.0. The van der Waals surface area contributed by atoms with Crippen molar-refractivity contribution in [2.45, 2.75) is 52.4 Å². The summed E-state index contributed by atoms with van der Waals surface area (Å²) in [7, 11) is 0. The van der Waals surface area contributed by atoms with Crippen molar-refractivity contribution in [2.24, 2.45) is 11.3 Å². The van der Waals surface area contributed by atoms with Crippen molar-refractivity contribution in [1.29, 1.82) is 0 Å². The van der Waals surface area contributed by atoms with Crippen LogP contribution >= 0.6 is 0 Å². The molecular formula is C16H28N2O3. The van der Waals surface area contributed by atoms with E-state index in [9.17, 15) is 14.7 Å². The van der Waals surface area contributed by atoms with E-state index >= 15 is 0 Å². The number of aliphatic carboxylic acids is 1. The Morgan fingerprint density at radius 2 is 1.86 bits per heavy atom. The predicted molar refractivity (Wildman–Crippen MR) is 81.2 cm³/mol. The third kappa shape index (κ3) is 3.50. The molecule has 5 nitrogen and oxygen atoms in total. The third-order valence-corrected chi connectivity index (χ3v) is 5.08. The molecule has 0 spiro atoms. The van der Waals surface area contributed by atoms with Crippen molar-refractivity contribution in [3.63, 3.8) is 0 Å². The summed E-state index contributed by atoms with van der Waals surface area (Å²) in [5.74, 6) is -0.0530. The normalized spacial score (nSPS) is 27.7. The van der Waals surface area contributed by atoms with E-state index in [1.54, 1.807) is 4.90 Å². The molecule has 0 aromatic carbocycles. The SMILES string of the molecule is CCCC1(C(=O)O)CCCN(C(=O)N2CCC(C)CC2)C1. The molecule has 1 atom stereocenters. The van der Waals surface area contributed by atoms with Crippen LogP contribution in [0.15, 0.2) is 0 Å². The van der Waals surface area contributed by atoms with Crippen LogP contribution in [0.2, 0.25) is 0 Å². The topological polar surface area (TPSA) is 60.9 Å². The van der Waals surface area contributed by atoms with Gasteiger partial charge in [0, 0.05) is 26.2 Å². The van der Waals surface area contributed by atoms with E-state index in [0.29, 0.717) is 31.8 Å². The average Bonchev–Trinajstić information content (AvgIpc) is 2.48. The third-order valence-electron chi connectivity index (χ3n) is 5.08. The van der Waals surface area contributed by atoms with Gasteiger partial charge in [-0.2, -0.15) is 0 Å². The number of carboxylic acid groups (broad SMARTS) is 1. The maximum Gasteiger partial charge on any atom is 0.320 e. The van der Waals surface area contributed by atoms with Crippen LogP contribution in [0.3, 0.4) is 0 Å². The Labute approximate surface area is 127 Å². The van der Waals surface area contributed by atoms with Gasteiger partial charge in [0.15, 0.2) is 0 Å². The minimum atomic E-state index is -0.742. The number of piperidine rings is 2. The van der Waals surface area contributed by atoms with Crippen LogP contribution in [0.4, 0.5) is 4.79 Å². The number of amides is 2. The number of likely N-dealkylation sites (tertiary alicyclic amines) is 2. The van der Waals surface area contributed by atoms with E-state index < -0.39 is 11.4 Å². The van der Waals surface area contributed by atoms with Crippen molar-refractivity contribution in [2.75, 3.05) is 26.2 Å². The van der Waals surface area contributed by atoms with Crippen LogP contribution in [0.5, 0.6) is 0 Å². The van der Waals surface area contributed by atoms with E-state index in [2.05, 4.69) is 6.92 Å². The van der Waals surface area contributed by atoms with Gasteiger partial charge in [0.05, 0.1) is 5.41 Å². The molecule has 2 heterocycles. The zero-order chi connectivity index (χ0) is 15.5. The fraction of sp³-hybridized carbons (Fsp3) is 0.875. The predicted octanol–water partition coefficient (Wildman–Crippen LogP) is 2.81. The van der Waals surface area contributed by atoms with E-state index in [4.69, 9.17) is 0 Å². The number of rotatable bonds is 3. The molecule has 0 radical (unpaired) electrons. The Hall–Kier alpha value is -1.26. The smallest absolute Gasteiger partial charge is 0.320 e. The number of carboxylic acids is 1. The first-order valence-corrected chi connectivity index (χ1v) is 8.26. The van der Waals surface area contributed by atoms with Gasteiger partial charge in [-0.3, -0.25) is 4.79 Å². The van der Waals surface area contributed by atoms with Crippen molar-refractivity contribution in [1.82, 2.24) is 9.80 Å². The summed E-state index contributed by atoms with van der Waals surface area (Å²) in [6.45, 7) is 6.93. The van der Waals surface area contributed by atoms with Crippen LogP contribution in [0.25, 0.3) is 0 Å². The summed E-state index contributed by atoms with van der Waals surface area (Å²) < 4.78 is 0. The lowest BCUT2D eigenvalue weighted by Gasteiger charge is -2.42. The number of hydrogen-bond acceptors (Lipinski definition) is 2. The lowest BCUT2D eigenvalue weighted by Crippen LogP contribution is -2.54. The lowest BCUT2D eigenvalue weighted by molar-refractivity contribution is -0.152. The first-order chi connectivity index (χ1) is 9.98. The van der Waals surface area contributed by atoms with Gasteiger partial charge < -0.3 is 14.9 Å². The van der Waals surface area contributed by atoms with Crippen molar-refractivity contribution >= 4 is 12.0 Å². The summed E-state index contributed by atoms with van der Waals surface area (Å²) >= 11 is 0. The van der Waals surface area contributed by atoms with Crippen molar-refractivity contribution < 1.29 is 14.7 Å².